The Morgan fingerprint density at radius 2 is 1.67 bits per heavy atom. The second-order valence-electron chi connectivity index (χ2n) is 12.7. The van der Waals surface area contributed by atoms with Crippen molar-refractivity contribution in [3.05, 3.63) is 99.8 Å². The highest BCUT2D eigenvalue weighted by atomic mass is 35.5. The summed E-state index contributed by atoms with van der Waals surface area (Å²) in [4.78, 5) is 70.4. The summed E-state index contributed by atoms with van der Waals surface area (Å²) in [6.45, 7) is 3.45. The third kappa shape index (κ3) is 4.09. The lowest BCUT2D eigenvalue weighted by atomic mass is 9.51. The molecule has 7 rings (SSSR count). The number of phenols is 1. The number of carbonyl (C=O) groups excluding carboxylic acids is 4. The first-order valence-corrected chi connectivity index (χ1v) is 15.3. The molecule has 0 aromatic heterocycles. The minimum atomic E-state index is -1.32. The number of hydrogen-bond donors (Lipinski definition) is 2. The zero-order chi connectivity index (χ0) is 32.8. The van der Waals surface area contributed by atoms with Gasteiger partial charge in [0.1, 0.15) is 11.6 Å². The number of hydrogen-bond acceptors (Lipinski definition) is 6. The fraction of sp³-hybridized carbons (Fsp3) is 0.286. The molecule has 46 heavy (non-hydrogen) atoms. The molecule has 0 radical (unpaired) electrons. The summed E-state index contributed by atoms with van der Waals surface area (Å²) in [7, 11) is 0. The van der Waals surface area contributed by atoms with Gasteiger partial charge in [0.25, 0.3) is 0 Å². The number of aromatic hydroxyl groups is 1. The number of carbonyl (C=O) groups is 5. The van der Waals surface area contributed by atoms with Crippen LogP contribution in [0.1, 0.15) is 47.2 Å². The molecule has 3 aromatic rings. The Balaban J connectivity index is 1.36. The number of benzene rings is 3. The Morgan fingerprint density at radius 3 is 2.37 bits per heavy atom. The van der Waals surface area contributed by atoms with Crippen LogP contribution in [-0.4, -0.2) is 39.8 Å². The maximum Gasteiger partial charge on any atom is 0.335 e. The van der Waals surface area contributed by atoms with Crippen LogP contribution < -0.4 is 9.80 Å². The zero-order valence-corrected chi connectivity index (χ0v) is 25.5. The number of phenolic OH excluding ortho intramolecular Hbond substituents is 1. The third-order valence-electron chi connectivity index (χ3n) is 10.3. The number of carboxylic acid groups (broad SMARTS) is 1. The van der Waals surface area contributed by atoms with Gasteiger partial charge in [0.2, 0.25) is 23.6 Å². The molecule has 2 aliphatic heterocycles. The van der Waals surface area contributed by atoms with Gasteiger partial charge in [-0.25, -0.2) is 14.1 Å². The van der Waals surface area contributed by atoms with Gasteiger partial charge in [0, 0.05) is 5.92 Å². The Kier molecular flexibility index (Phi) is 6.72. The van der Waals surface area contributed by atoms with E-state index in [1.165, 1.54) is 42.5 Å². The summed E-state index contributed by atoms with van der Waals surface area (Å²) in [5, 5.41) is 19.6. The van der Waals surface area contributed by atoms with Gasteiger partial charge in [-0.3, -0.25) is 24.1 Å². The molecule has 234 valence electrons. The highest BCUT2D eigenvalue weighted by molar-refractivity contribution is 6.32. The van der Waals surface area contributed by atoms with Crippen LogP contribution in [0.3, 0.4) is 0 Å². The van der Waals surface area contributed by atoms with Crippen LogP contribution in [0, 0.1) is 41.8 Å². The SMILES string of the molecule is Cc1cc(C2C3=CCC4C(=O)N(c5cccc(C(=O)O)c5)C(=O)C4C3CC3C(=O)N(c4ccc(F)c(Cl)c4)C(=O)C32C)ccc1O. The molecule has 2 heterocycles. The van der Waals surface area contributed by atoms with Crippen LogP contribution >= 0.6 is 11.6 Å². The highest BCUT2D eigenvalue weighted by Gasteiger charge is 2.67. The number of allylic oxidation sites excluding steroid dienone is 2. The number of aryl methyl sites for hydroxylation is 1. The topological polar surface area (TPSA) is 132 Å². The number of fused-ring (bicyclic) bond motifs is 4. The average molecular weight is 643 g/mol. The van der Waals surface area contributed by atoms with Crippen LogP contribution in [0.25, 0.3) is 0 Å². The predicted molar refractivity (Wildman–Crippen MR) is 165 cm³/mol. The number of aromatic carboxylic acids is 1. The second kappa shape index (κ2) is 10.3. The molecule has 2 aliphatic carbocycles. The van der Waals surface area contributed by atoms with Crippen LogP contribution in [0.2, 0.25) is 5.02 Å². The molecule has 2 N–H and O–H groups in total. The van der Waals surface area contributed by atoms with Crippen LogP contribution in [0.5, 0.6) is 5.75 Å². The largest absolute Gasteiger partial charge is 0.508 e. The van der Waals surface area contributed by atoms with Gasteiger partial charge >= 0.3 is 5.97 Å². The van der Waals surface area contributed by atoms with Crippen molar-refractivity contribution in [2.45, 2.75) is 32.6 Å². The summed E-state index contributed by atoms with van der Waals surface area (Å²) >= 11 is 6.05. The highest BCUT2D eigenvalue weighted by Crippen LogP contribution is 2.64. The molecule has 4 amide bonds. The number of carboxylic acids is 1. The Labute approximate surface area is 267 Å². The maximum atomic E-state index is 14.5. The first-order valence-electron chi connectivity index (χ1n) is 14.9. The average Bonchev–Trinajstić information content (AvgIpc) is 3.39. The van der Waals surface area contributed by atoms with E-state index < -0.39 is 70.4 Å². The van der Waals surface area contributed by atoms with Gasteiger partial charge in [0.05, 0.1) is 45.1 Å². The van der Waals surface area contributed by atoms with Gasteiger partial charge in [-0.2, -0.15) is 0 Å². The molecule has 2 saturated heterocycles. The van der Waals surface area contributed by atoms with E-state index >= 15 is 0 Å². The zero-order valence-electron chi connectivity index (χ0n) is 24.7. The maximum absolute atomic E-state index is 14.5. The van der Waals surface area contributed by atoms with Crippen molar-refractivity contribution in [3.8, 4) is 5.75 Å². The smallest absolute Gasteiger partial charge is 0.335 e. The molecule has 0 spiro atoms. The van der Waals surface area contributed by atoms with E-state index in [2.05, 4.69) is 0 Å². The lowest BCUT2D eigenvalue weighted by Gasteiger charge is -2.49. The summed E-state index contributed by atoms with van der Waals surface area (Å²) in [6, 6.07) is 14.3. The molecule has 3 aromatic carbocycles. The van der Waals surface area contributed by atoms with Gasteiger partial charge in [-0.15, -0.1) is 0 Å². The van der Waals surface area contributed by atoms with Gasteiger partial charge in [-0.05, 0) is 86.2 Å². The quantitative estimate of drug-likeness (QED) is 0.279. The molecule has 9 nitrogen and oxygen atoms in total. The fourth-order valence-corrected chi connectivity index (χ4v) is 8.33. The third-order valence-corrected chi connectivity index (χ3v) is 10.6. The van der Waals surface area contributed by atoms with Crippen LogP contribution in [0.15, 0.2) is 72.3 Å². The number of halogens is 2. The van der Waals surface area contributed by atoms with E-state index in [1.54, 1.807) is 26.0 Å². The Hall–Kier alpha value is -4.83. The number of nitrogens with zero attached hydrogens (tertiary/aromatic N) is 2. The van der Waals surface area contributed by atoms with Crippen LogP contribution in [0.4, 0.5) is 15.8 Å². The summed E-state index contributed by atoms with van der Waals surface area (Å²) in [6.07, 6.45) is 2.22. The summed E-state index contributed by atoms with van der Waals surface area (Å²) in [5.41, 5.74) is 0.876. The van der Waals surface area contributed by atoms with Gasteiger partial charge in [-0.1, -0.05) is 41.4 Å². The number of imide groups is 2. The minimum absolute atomic E-state index is 0.0581. The van der Waals surface area contributed by atoms with Crippen molar-refractivity contribution in [3.63, 3.8) is 0 Å². The lowest BCUT2D eigenvalue weighted by Crippen LogP contribution is -2.48. The number of amides is 4. The van der Waals surface area contributed by atoms with Crippen molar-refractivity contribution >= 4 is 52.6 Å². The van der Waals surface area contributed by atoms with Crippen molar-refractivity contribution in [1.82, 2.24) is 0 Å². The monoisotopic (exact) mass is 642 g/mol. The molecular formula is C35H28ClFN2O7. The van der Waals surface area contributed by atoms with Crippen molar-refractivity contribution < 1.29 is 38.6 Å². The van der Waals surface area contributed by atoms with Gasteiger partial charge < -0.3 is 10.2 Å². The number of anilines is 2. The lowest BCUT2D eigenvalue weighted by molar-refractivity contribution is -0.131. The van der Waals surface area contributed by atoms with E-state index in [9.17, 15) is 38.6 Å². The Bertz CT molecular complexity index is 1940. The summed E-state index contributed by atoms with van der Waals surface area (Å²) < 4.78 is 14.1. The first kappa shape index (κ1) is 29.9. The molecule has 3 fully saturated rings. The van der Waals surface area contributed by atoms with E-state index in [0.717, 1.165) is 21.4 Å². The van der Waals surface area contributed by atoms with Crippen LogP contribution in [-0.2, 0) is 19.2 Å². The van der Waals surface area contributed by atoms with E-state index in [4.69, 9.17) is 11.6 Å². The molecule has 0 bridgehead atoms. The molecule has 4 aliphatic rings. The van der Waals surface area contributed by atoms with Gasteiger partial charge in [0.15, 0.2) is 0 Å². The minimum Gasteiger partial charge on any atom is -0.508 e. The molecule has 6 unspecified atom stereocenters. The van der Waals surface area contributed by atoms with Crippen molar-refractivity contribution in [1.29, 1.82) is 0 Å². The van der Waals surface area contributed by atoms with Crippen molar-refractivity contribution in [2.24, 2.45) is 29.1 Å². The fourth-order valence-electron chi connectivity index (χ4n) is 8.16. The molecule has 1 saturated carbocycles. The number of rotatable bonds is 4. The predicted octanol–water partition coefficient (Wildman–Crippen LogP) is 5.63. The molecule has 6 atom stereocenters. The van der Waals surface area contributed by atoms with E-state index in [0.29, 0.717) is 11.1 Å². The van der Waals surface area contributed by atoms with E-state index in [-0.39, 0.29) is 40.6 Å². The van der Waals surface area contributed by atoms with E-state index in [1.807, 2.05) is 6.08 Å². The molecule has 11 heteroatoms. The summed E-state index contributed by atoms with van der Waals surface area (Å²) in [5.74, 6) is -7.56. The second-order valence-corrected chi connectivity index (χ2v) is 13.1. The Morgan fingerprint density at radius 1 is 0.935 bits per heavy atom. The normalized spacial score (nSPS) is 28.6. The van der Waals surface area contributed by atoms with Crippen molar-refractivity contribution in [2.75, 3.05) is 9.80 Å². The standard InChI is InChI=1S/C35H28ClFN2O7/c1-16-12-17(6-11-27(16)40)29-21-8-9-22-28(32(43)38(30(22)41)19-5-3-4-18(13-19)33(44)45)23(21)15-24-31(42)39(34(46)35(24,29)2)20-7-10-26(37)25(36)14-20/h3-8,10-14,22-24,28-29,40H,9,15H2,1-2H3,(H,44,45). The first-order chi connectivity index (χ1) is 21.8. The molecular weight excluding hydrogens is 615 g/mol.